The molecule has 2 saturated heterocycles. The van der Waals surface area contributed by atoms with Gasteiger partial charge < -0.3 is 9.84 Å². The highest BCUT2D eigenvalue weighted by Crippen LogP contribution is 2.46. The molecule has 0 saturated carbocycles. The van der Waals surface area contributed by atoms with Crippen molar-refractivity contribution in [2.75, 3.05) is 7.11 Å². The first-order valence-corrected chi connectivity index (χ1v) is 8.58. The second-order valence-corrected chi connectivity index (χ2v) is 8.14. The van der Waals surface area contributed by atoms with Gasteiger partial charge in [-0.1, -0.05) is 18.1 Å². The number of ether oxygens (including phenoxy) is 1. The van der Waals surface area contributed by atoms with E-state index in [1.807, 2.05) is 25.1 Å². The summed E-state index contributed by atoms with van der Waals surface area (Å²) in [4.78, 5) is 0. The molecule has 2 aliphatic heterocycles. The maximum Gasteiger partial charge on any atom is 0.124 e. The number of fused-ring (bicyclic) bond motifs is 2. The molecule has 2 bridgehead atoms. The van der Waals surface area contributed by atoms with Crippen LogP contribution in [0, 0.1) is 6.92 Å². The molecule has 2 heterocycles. The van der Waals surface area contributed by atoms with Gasteiger partial charge in [0, 0.05) is 26.9 Å². The second kappa shape index (κ2) is 5.15. The third-order valence-corrected chi connectivity index (χ3v) is 6.82. The first kappa shape index (κ1) is 14.1. The Morgan fingerprint density at radius 2 is 1.95 bits per heavy atom. The lowest BCUT2D eigenvalue weighted by Gasteiger charge is -2.44. The average molecular weight is 294 g/mol. The van der Waals surface area contributed by atoms with Crippen LogP contribution in [0.15, 0.2) is 18.2 Å². The molecule has 0 radical (unpaired) electrons. The van der Waals surface area contributed by atoms with E-state index in [2.05, 4.69) is 0 Å². The highest BCUT2D eigenvalue weighted by atomic mass is 32.2. The molecule has 2 atom stereocenters. The maximum absolute atomic E-state index is 12.3. The van der Waals surface area contributed by atoms with Crippen LogP contribution in [0.5, 0.6) is 5.75 Å². The lowest BCUT2D eigenvalue weighted by Crippen LogP contribution is -2.47. The number of aryl methyl sites for hydroxylation is 1. The summed E-state index contributed by atoms with van der Waals surface area (Å²) >= 11 is 0. The van der Waals surface area contributed by atoms with E-state index in [9.17, 15) is 9.32 Å². The van der Waals surface area contributed by atoms with Crippen LogP contribution in [-0.2, 0) is 16.4 Å². The van der Waals surface area contributed by atoms with Crippen LogP contribution in [0.4, 0.5) is 0 Å². The zero-order valence-electron chi connectivity index (χ0n) is 12.1. The Morgan fingerprint density at radius 3 is 2.55 bits per heavy atom. The van der Waals surface area contributed by atoms with Gasteiger partial charge >= 0.3 is 0 Å². The minimum absolute atomic E-state index is 0.137. The van der Waals surface area contributed by atoms with E-state index < -0.39 is 16.4 Å². The second-order valence-electron chi connectivity index (χ2n) is 6.15. The van der Waals surface area contributed by atoms with E-state index in [1.54, 1.807) is 7.11 Å². The summed E-state index contributed by atoms with van der Waals surface area (Å²) in [6.07, 6.45) is 4.27. The van der Waals surface area contributed by atoms with E-state index >= 15 is 0 Å². The Balaban J connectivity index is 2.00. The normalized spacial score (nSPS) is 36.6. The minimum Gasteiger partial charge on any atom is -0.496 e. The zero-order valence-corrected chi connectivity index (χ0v) is 12.9. The van der Waals surface area contributed by atoms with Gasteiger partial charge in [-0.25, -0.2) is 0 Å². The van der Waals surface area contributed by atoms with Crippen LogP contribution < -0.4 is 4.74 Å². The number of methoxy groups -OCH3 is 1. The third-order valence-electron chi connectivity index (χ3n) is 4.70. The molecule has 2 fully saturated rings. The fourth-order valence-corrected chi connectivity index (χ4v) is 5.91. The van der Waals surface area contributed by atoms with Crippen LogP contribution in [-0.4, -0.2) is 26.9 Å². The van der Waals surface area contributed by atoms with E-state index in [0.29, 0.717) is 12.8 Å². The fraction of sp³-hybridized carbons (Fsp3) is 0.625. The molecule has 20 heavy (non-hydrogen) atoms. The van der Waals surface area contributed by atoms with Crippen molar-refractivity contribution in [1.82, 2.24) is 0 Å². The van der Waals surface area contributed by atoms with Crippen molar-refractivity contribution in [1.29, 1.82) is 0 Å². The van der Waals surface area contributed by atoms with Gasteiger partial charge in [-0.05, 0) is 44.7 Å². The summed E-state index contributed by atoms with van der Waals surface area (Å²) in [5.41, 5.74) is 1.10. The summed E-state index contributed by atoms with van der Waals surface area (Å²) in [5.74, 6) is 0.740. The third kappa shape index (κ3) is 2.29. The quantitative estimate of drug-likeness (QED) is 0.912. The number of aliphatic hydroxyl groups is 1. The summed E-state index contributed by atoms with van der Waals surface area (Å²) in [6.45, 7) is 2.02. The van der Waals surface area contributed by atoms with Gasteiger partial charge in [-0.15, -0.1) is 0 Å². The number of hydrogen-bond donors (Lipinski definition) is 1. The van der Waals surface area contributed by atoms with Crippen molar-refractivity contribution in [3.05, 3.63) is 29.3 Å². The average Bonchev–Trinajstić information content (AvgIpc) is 2.41. The van der Waals surface area contributed by atoms with Crippen LogP contribution in [0.2, 0.25) is 0 Å². The van der Waals surface area contributed by atoms with Crippen molar-refractivity contribution >= 4 is 10.8 Å². The van der Waals surface area contributed by atoms with Crippen molar-refractivity contribution < 1.29 is 14.1 Å². The van der Waals surface area contributed by atoms with E-state index in [4.69, 9.17) is 4.74 Å². The molecule has 0 aliphatic carbocycles. The van der Waals surface area contributed by atoms with Gasteiger partial charge in [-0.2, -0.15) is 0 Å². The summed E-state index contributed by atoms with van der Waals surface area (Å²) in [7, 11) is 0.867. The largest absolute Gasteiger partial charge is 0.496 e. The summed E-state index contributed by atoms with van der Waals surface area (Å²) < 4.78 is 17.7. The number of rotatable bonds is 2. The molecule has 3 nitrogen and oxygen atoms in total. The highest BCUT2D eigenvalue weighted by molar-refractivity contribution is 7.86. The molecular weight excluding hydrogens is 272 g/mol. The first-order chi connectivity index (χ1) is 9.53. The van der Waals surface area contributed by atoms with Crippen LogP contribution in [0.3, 0.4) is 0 Å². The predicted molar refractivity (Wildman–Crippen MR) is 80.4 cm³/mol. The Labute approximate surface area is 122 Å². The lowest BCUT2D eigenvalue weighted by molar-refractivity contribution is 0.00448. The first-order valence-electron chi connectivity index (χ1n) is 7.30. The van der Waals surface area contributed by atoms with Gasteiger partial charge in [0.05, 0.1) is 12.7 Å². The molecule has 110 valence electrons. The molecular formula is C16H22O3S. The SMILES string of the molecule is COc1ccc(C)cc1C1(O)CC2CCCC(C1)S2=O. The van der Waals surface area contributed by atoms with Crippen LogP contribution >= 0.6 is 0 Å². The fourth-order valence-electron chi connectivity index (χ4n) is 3.69. The molecule has 0 spiro atoms. The molecule has 1 aromatic rings. The molecule has 2 unspecified atom stereocenters. The maximum atomic E-state index is 12.3. The van der Waals surface area contributed by atoms with E-state index in [1.165, 1.54) is 0 Å². The predicted octanol–water partition coefficient (Wildman–Crippen LogP) is 2.65. The summed E-state index contributed by atoms with van der Waals surface area (Å²) in [6, 6.07) is 5.93. The minimum atomic E-state index is -0.888. The Bertz CT molecular complexity index is 525. The Morgan fingerprint density at radius 1 is 1.30 bits per heavy atom. The smallest absolute Gasteiger partial charge is 0.124 e. The van der Waals surface area contributed by atoms with E-state index in [0.717, 1.165) is 36.1 Å². The summed E-state index contributed by atoms with van der Waals surface area (Å²) in [5, 5.41) is 11.5. The molecule has 4 heteroatoms. The number of benzene rings is 1. The van der Waals surface area contributed by atoms with E-state index in [-0.39, 0.29) is 10.5 Å². The lowest BCUT2D eigenvalue weighted by atomic mass is 9.79. The molecule has 0 aromatic heterocycles. The highest BCUT2D eigenvalue weighted by Gasteiger charge is 2.47. The van der Waals surface area contributed by atoms with Crippen molar-refractivity contribution in [3.63, 3.8) is 0 Å². The molecule has 3 rings (SSSR count). The number of hydrogen-bond acceptors (Lipinski definition) is 3. The van der Waals surface area contributed by atoms with Crippen molar-refractivity contribution in [2.45, 2.75) is 55.1 Å². The Kier molecular flexibility index (Phi) is 3.63. The standard InChI is InChI=1S/C16H22O3S/c1-11-6-7-15(19-2)14(8-11)16(17)9-12-4-3-5-13(10-16)20(12)18/h6-8,12-13,17H,3-5,9-10H2,1-2H3. The van der Waals surface area contributed by atoms with Gasteiger partial charge in [0.15, 0.2) is 0 Å². The zero-order chi connectivity index (χ0) is 14.3. The molecule has 1 N–H and O–H groups in total. The topological polar surface area (TPSA) is 46.5 Å². The molecule has 1 aromatic carbocycles. The van der Waals surface area contributed by atoms with Crippen molar-refractivity contribution in [3.8, 4) is 5.75 Å². The van der Waals surface area contributed by atoms with Crippen molar-refractivity contribution in [2.24, 2.45) is 0 Å². The van der Waals surface area contributed by atoms with Gasteiger partial charge in [-0.3, -0.25) is 4.21 Å². The molecule has 0 amide bonds. The van der Waals surface area contributed by atoms with Gasteiger partial charge in [0.1, 0.15) is 5.75 Å². The van der Waals surface area contributed by atoms with Crippen LogP contribution in [0.1, 0.15) is 43.2 Å². The van der Waals surface area contributed by atoms with Gasteiger partial charge in [0.25, 0.3) is 0 Å². The monoisotopic (exact) mass is 294 g/mol. The van der Waals surface area contributed by atoms with Gasteiger partial charge in [0.2, 0.25) is 0 Å². The molecule has 2 aliphatic rings. The Hall–Kier alpha value is -0.870. The van der Waals surface area contributed by atoms with Crippen LogP contribution in [0.25, 0.3) is 0 Å².